The Morgan fingerprint density at radius 2 is 1.96 bits per heavy atom. The second-order valence-corrected chi connectivity index (χ2v) is 7.83. The van der Waals surface area contributed by atoms with Gasteiger partial charge in [-0.1, -0.05) is 11.6 Å². The van der Waals surface area contributed by atoms with Gasteiger partial charge in [-0.25, -0.2) is 9.97 Å². The van der Waals surface area contributed by atoms with Crippen LogP contribution in [0.25, 0.3) is 11.3 Å². The van der Waals surface area contributed by atoms with E-state index in [9.17, 15) is 0 Å². The number of nitrogens with zero attached hydrogens (tertiary/aromatic N) is 4. The molecular weight excluding hydrogens is 336 g/mol. The summed E-state index contributed by atoms with van der Waals surface area (Å²) in [6.07, 6.45) is 11.4. The molecule has 0 unspecified atom stereocenters. The van der Waals surface area contributed by atoms with Crippen molar-refractivity contribution in [2.75, 3.05) is 5.32 Å². The lowest BCUT2D eigenvalue weighted by molar-refractivity contribution is 0.410. The van der Waals surface area contributed by atoms with Crippen LogP contribution in [0, 0.1) is 5.92 Å². The van der Waals surface area contributed by atoms with Crippen LogP contribution < -0.4 is 11.1 Å². The number of rotatable bonds is 5. The number of aromatic nitrogens is 4. The van der Waals surface area contributed by atoms with Gasteiger partial charge in [-0.3, -0.25) is 4.68 Å². The zero-order chi connectivity index (χ0) is 17.4. The molecular formula is C18H25ClN6. The molecule has 6 nitrogen and oxygen atoms in total. The van der Waals surface area contributed by atoms with Gasteiger partial charge in [0.25, 0.3) is 0 Å². The Morgan fingerprint density at radius 1 is 1.20 bits per heavy atom. The predicted octanol–water partition coefficient (Wildman–Crippen LogP) is 3.16. The van der Waals surface area contributed by atoms with Crippen molar-refractivity contribution in [2.45, 2.75) is 57.0 Å². The summed E-state index contributed by atoms with van der Waals surface area (Å²) in [5, 5.41) is 8.46. The quantitative estimate of drug-likeness (QED) is 0.855. The van der Waals surface area contributed by atoms with Crippen LogP contribution in [0.4, 0.5) is 5.95 Å². The largest absolute Gasteiger partial charge is 0.351 e. The van der Waals surface area contributed by atoms with E-state index < -0.39 is 0 Å². The second-order valence-electron chi connectivity index (χ2n) is 7.42. The molecule has 0 spiro atoms. The average Bonchev–Trinajstić information content (AvgIpc) is 3.35. The third kappa shape index (κ3) is 3.80. The lowest BCUT2D eigenvalue weighted by atomic mass is 9.92. The molecule has 0 radical (unpaired) electrons. The lowest BCUT2D eigenvalue weighted by Crippen LogP contribution is -2.33. The first-order chi connectivity index (χ1) is 12.1. The summed E-state index contributed by atoms with van der Waals surface area (Å²) in [7, 11) is 1.99. The average molecular weight is 361 g/mol. The topological polar surface area (TPSA) is 81.7 Å². The molecule has 4 rings (SSSR count). The van der Waals surface area contributed by atoms with Crippen molar-refractivity contribution in [1.82, 2.24) is 19.7 Å². The van der Waals surface area contributed by atoms with Crippen molar-refractivity contribution >= 4 is 17.5 Å². The molecule has 25 heavy (non-hydrogen) atoms. The Bertz CT molecular complexity index is 746. The van der Waals surface area contributed by atoms with Crippen molar-refractivity contribution in [3.05, 3.63) is 23.1 Å². The summed E-state index contributed by atoms with van der Waals surface area (Å²) >= 11 is 6.42. The van der Waals surface area contributed by atoms with E-state index >= 15 is 0 Å². The molecule has 0 amide bonds. The number of aryl methyl sites for hydroxylation is 1. The van der Waals surface area contributed by atoms with Crippen molar-refractivity contribution in [2.24, 2.45) is 18.7 Å². The molecule has 0 bridgehead atoms. The first kappa shape index (κ1) is 16.8. The Morgan fingerprint density at radius 3 is 2.68 bits per heavy atom. The van der Waals surface area contributed by atoms with Crippen LogP contribution in [0.15, 0.2) is 12.4 Å². The zero-order valence-electron chi connectivity index (χ0n) is 14.6. The molecule has 2 fully saturated rings. The van der Waals surface area contributed by atoms with Crippen molar-refractivity contribution < 1.29 is 0 Å². The molecule has 7 heteroatoms. The van der Waals surface area contributed by atoms with Gasteiger partial charge < -0.3 is 11.1 Å². The van der Waals surface area contributed by atoms with E-state index in [1.165, 1.54) is 18.5 Å². The first-order valence-corrected chi connectivity index (χ1v) is 9.54. The highest BCUT2D eigenvalue weighted by Crippen LogP contribution is 2.37. The van der Waals surface area contributed by atoms with Gasteiger partial charge in [0, 0.05) is 30.4 Å². The number of nitrogens with two attached hydrogens (primary N) is 1. The maximum atomic E-state index is 6.42. The SMILES string of the molecule is Cn1ncc(-c2nc(NC3CCC(N)CC3)ncc2Cl)c1CC1CC1. The highest BCUT2D eigenvalue weighted by Gasteiger charge is 2.26. The van der Waals surface area contributed by atoms with Crippen LogP contribution in [0.2, 0.25) is 5.02 Å². The van der Waals surface area contributed by atoms with Crippen LogP contribution in [-0.2, 0) is 13.5 Å². The van der Waals surface area contributed by atoms with Gasteiger partial charge in [-0.15, -0.1) is 0 Å². The molecule has 134 valence electrons. The van der Waals surface area contributed by atoms with Crippen LogP contribution in [0.1, 0.15) is 44.2 Å². The number of hydrogen-bond donors (Lipinski definition) is 2. The minimum Gasteiger partial charge on any atom is -0.351 e. The number of anilines is 1. The lowest BCUT2D eigenvalue weighted by Gasteiger charge is -2.26. The molecule has 2 aliphatic carbocycles. The van der Waals surface area contributed by atoms with Gasteiger partial charge in [0.1, 0.15) is 0 Å². The van der Waals surface area contributed by atoms with Crippen LogP contribution in [0.3, 0.4) is 0 Å². The minimum atomic E-state index is 0.333. The number of hydrogen-bond acceptors (Lipinski definition) is 5. The molecule has 2 aromatic heterocycles. The summed E-state index contributed by atoms with van der Waals surface area (Å²) in [5.74, 6) is 1.42. The fourth-order valence-electron chi connectivity index (χ4n) is 3.57. The summed E-state index contributed by atoms with van der Waals surface area (Å²) in [6.45, 7) is 0. The van der Waals surface area contributed by atoms with E-state index in [0.717, 1.165) is 49.3 Å². The van der Waals surface area contributed by atoms with E-state index in [-0.39, 0.29) is 0 Å². The first-order valence-electron chi connectivity index (χ1n) is 9.16. The maximum Gasteiger partial charge on any atom is 0.223 e. The summed E-state index contributed by atoms with van der Waals surface area (Å²) in [5.41, 5.74) is 8.99. The Labute approximate surface area is 153 Å². The van der Waals surface area contributed by atoms with Crippen LogP contribution in [0.5, 0.6) is 0 Å². The fourth-order valence-corrected chi connectivity index (χ4v) is 3.76. The van der Waals surface area contributed by atoms with Crippen LogP contribution >= 0.6 is 11.6 Å². The van der Waals surface area contributed by atoms with E-state index in [2.05, 4.69) is 15.4 Å². The smallest absolute Gasteiger partial charge is 0.223 e. The van der Waals surface area contributed by atoms with Crippen molar-refractivity contribution in [3.63, 3.8) is 0 Å². The molecule has 3 N–H and O–H groups in total. The van der Waals surface area contributed by atoms with Crippen molar-refractivity contribution in [3.8, 4) is 11.3 Å². The van der Waals surface area contributed by atoms with Crippen LogP contribution in [-0.4, -0.2) is 31.8 Å². The summed E-state index contributed by atoms with van der Waals surface area (Å²) < 4.78 is 1.95. The standard InChI is InChI=1S/C18H25ClN6/c1-25-16(8-11-2-3-11)14(9-22-25)17-15(19)10-21-18(24-17)23-13-6-4-12(20)5-7-13/h9-13H,2-8,20H2,1H3,(H,21,23,24). The minimum absolute atomic E-state index is 0.333. The summed E-state index contributed by atoms with van der Waals surface area (Å²) in [4.78, 5) is 9.09. The molecule has 0 aromatic carbocycles. The summed E-state index contributed by atoms with van der Waals surface area (Å²) in [6, 6.07) is 0.716. The van der Waals surface area contributed by atoms with Gasteiger partial charge in [-0.2, -0.15) is 5.10 Å². The van der Waals surface area contributed by atoms with Gasteiger partial charge in [0.05, 0.1) is 23.1 Å². The Balaban J connectivity index is 1.57. The molecule has 2 aromatic rings. The van der Waals surface area contributed by atoms with Gasteiger partial charge in [0.2, 0.25) is 5.95 Å². The van der Waals surface area contributed by atoms with Gasteiger partial charge in [-0.05, 0) is 50.9 Å². The predicted molar refractivity (Wildman–Crippen MR) is 99.5 cm³/mol. The molecule has 0 saturated heterocycles. The van der Waals surface area contributed by atoms with E-state index in [1.54, 1.807) is 6.20 Å². The second kappa shape index (κ2) is 6.92. The molecule has 0 aliphatic heterocycles. The van der Waals surface area contributed by atoms with Crippen molar-refractivity contribution in [1.29, 1.82) is 0 Å². The highest BCUT2D eigenvalue weighted by molar-refractivity contribution is 6.32. The van der Waals surface area contributed by atoms with Gasteiger partial charge in [0.15, 0.2) is 0 Å². The third-order valence-corrected chi connectivity index (χ3v) is 5.62. The molecule has 2 heterocycles. The zero-order valence-corrected chi connectivity index (χ0v) is 15.3. The van der Waals surface area contributed by atoms with E-state index in [1.807, 2.05) is 17.9 Å². The number of nitrogens with one attached hydrogen (secondary N) is 1. The third-order valence-electron chi connectivity index (χ3n) is 5.34. The molecule has 2 saturated carbocycles. The van der Waals surface area contributed by atoms with E-state index in [4.69, 9.17) is 22.3 Å². The number of halogens is 1. The maximum absolute atomic E-state index is 6.42. The van der Waals surface area contributed by atoms with Gasteiger partial charge >= 0.3 is 0 Å². The monoisotopic (exact) mass is 360 g/mol. The Kier molecular flexibility index (Phi) is 4.65. The fraction of sp³-hybridized carbons (Fsp3) is 0.611. The molecule has 0 atom stereocenters. The highest BCUT2D eigenvalue weighted by atomic mass is 35.5. The normalized spacial score (nSPS) is 23.6. The molecule has 2 aliphatic rings. The van der Waals surface area contributed by atoms with E-state index in [0.29, 0.717) is 23.1 Å². The Hall–Kier alpha value is -1.66.